The molecule has 1 aromatic heterocycles. The van der Waals surface area contributed by atoms with Gasteiger partial charge in [0, 0.05) is 13.2 Å². The van der Waals surface area contributed by atoms with Gasteiger partial charge in [0.2, 0.25) is 5.91 Å². The van der Waals surface area contributed by atoms with Crippen LogP contribution < -0.4 is 4.90 Å². The van der Waals surface area contributed by atoms with Gasteiger partial charge < -0.3 is 4.90 Å². The molecule has 1 aliphatic carbocycles. The third kappa shape index (κ3) is 0.694. The summed E-state index contributed by atoms with van der Waals surface area (Å²) in [6.07, 6.45) is 4.88. The van der Waals surface area contributed by atoms with Gasteiger partial charge >= 0.3 is 0 Å². The van der Waals surface area contributed by atoms with Crippen LogP contribution in [-0.2, 0) is 10.2 Å². The summed E-state index contributed by atoms with van der Waals surface area (Å²) in [7, 11) is 1.84. The topological polar surface area (TPSA) is 33.2 Å². The predicted octanol–water partition coefficient (Wildman–Crippen LogP) is 1.48. The summed E-state index contributed by atoms with van der Waals surface area (Å²) in [4.78, 5) is 18.2. The Kier molecular flexibility index (Phi) is 1.34. The van der Waals surface area contributed by atoms with Crippen LogP contribution in [0.3, 0.4) is 0 Å². The summed E-state index contributed by atoms with van der Waals surface area (Å²) in [6, 6.07) is 3.87. The lowest BCUT2D eigenvalue weighted by Crippen LogP contribution is -2.44. The molecule has 0 aromatic carbocycles. The summed E-state index contributed by atoms with van der Waals surface area (Å²) in [5, 5.41) is 0. The molecule has 1 fully saturated rings. The van der Waals surface area contributed by atoms with E-state index >= 15 is 0 Å². The van der Waals surface area contributed by atoms with E-state index in [1.54, 1.807) is 11.1 Å². The lowest BCUT2D eigenvalue weighted by Gasteiger charge is -2.35. The third-order valence-corrected chi connectivity index (χ3v) is 3.52. The number of pyridine rings is 1. The Balaban J connectivity index is 2.23. The van der Waals surface area contributed by atoms with Crippen molar-refractivity contribution in [1.82, 2.24) is 4.98 Å². The zero-order valence-corrected chi connectivity index (χ0v) is 8.16. The lowest BCUT2D eigenvalue weighted by molar-refractivity contribution is -0.125. The van der Waals surface area contributed by atoms with Crippen LogP contribution in [0.4, 0.5) is 5.69 Å². The Bertz CT molecular complexity index is 410. The van der Waals surface area contributed by atoms with Crippen molar-refractivity contribution < 1.29 is 4.79 Å². The largest absolute Gasteiger partial charge is 0.313 e. The van der Waals surface area contributed by atoms with Gasteiger partial charge in [-0.1, -0.05) is 6.42 Å². The smallest absolute Gasteiger partial charge is 0.239 e. The second-order valence-corrected chi connectivity index (χ2v) is 4.17. The van der Waals surface area contributed by atoms with Crippen LogP contribution in [0, 0.1) is 0 Å². The van der Waals surface area contributed by atoms with Crippen molar-refractivity contribution >= 4 is 11.6 Å². The van der Waals surface area contributed by atoms with Gasteiger partial charge in [-0.25, -0.2) is 0 Å². The highest BCUT2D eigenvalue weighted by Gasteiger charge is 2.54. The fraction of sp³-hybridized carbons (Fsp3) is 0.455. The molecule has 0 bridgehead atoms. The Morgan fingerprint density at radius 2 is 2.29 bits per heavy atom. The van der Waals surface area contributed by atoms with Crippen molar-refractivity contribution in [2.45, 2.75) is 24.7 Å². The van der Waals surface area contributed by atoms with Gasteiger partial charge in [0.15, 0.2) is 0 Å². The van der Waals surface area contributed by atoms with Crippen molar-refractivity contribution in [3.8, 4) is 0 Å². The minimum atomic E-state index is -0.245. The number of anilines is 1. The molecule has 0 atom stereocenters. The summed E-state index contributed by atoms with van der Waals surface area (Å²) in [5.41, 5.74) is 1.75. The second kappa shape index (κ2) is 2.35. The monoisotopic (exact) mass is 188 g/mol. The van der Waals surface area contributed by atoms with E-state index in [0.29, 0.717) is 0 Å². The molecular formula is C11H12N2O. The summed E-state index contributed by atoms with van der Waals surface area (Å²) < 4.78 is 0. The van der Waals surface area contributed by atoms with E-state index < -0.39 is 0 Å². The van der Waals surface area contributed by atoms with Crippen LogP contribution in [0.15, 0.2) is 18.3 Å². The molecule has 1 spiro atoms. The first-order valence-electron chi connectivity index (χ1n) is 4.99. The number of nitrogens with zero attached hydrogens (tertiary/aromatic N) is 2. The molecule has 1 aromatic rings. The molecule has 1 aliphatic heterocycles. The van der Waals surface area contributed by atoms with Crippen molar-refractivity contribution in [2.75, 3.05) is 11.9 Å². The zero-order chi connectivity index (χ0) is 9.76. The van der Waals surface area contributed by atoms with Crippen LogP contribution in [0.1, 0.15) is 25.0 Å². The molecule has 3 rings (SSSR count). The first-order valence-corrected chi connectivity index (χ1v) is 4.99. The quantitative estimate of drug-likeness (QED) is 0.618. The van der Waals surface area contributed by atoms with Crippen molar-refractivity contribution in [1.29, 1.82) is 0 Å². The number of hydrogen-bond acceptors (Lipinski definition) is 2. The Morgan fingerprint density at radius 3 is 2.93 bits per heavy atom. The minimum Gasteiger partial charge on any atom is -0.313 e. The Labute approximate surface area is 82.8 Å². The first-order chi connectivity index (χ1) is 6.76. The molecule has 1 amide bonds. The summed E-state index contributed by atoms with van der Waals surface area (Å²) in [5.74, 6) is 0.234. The van der Waals surface area contributed by atoms with Gasteiger partial charge in [-0.2, -0.15) is 0 Å². The average molecular weight is 188 g/mol. The molecule has 3 heteroatoms. The maximum Gasteiger partial charge on any atom is 0.239 e. The first kappa shape index (κ1) is 7.97. The number of aromatic nitrogens is 1. The average Bonchev–Trinajstić information content (AvgIpc) is 2.37. The fourth-order valence-corrected chi connectivity index (χ4v) is 2.55. The minimum absolute atomic E-state index is 0.234. The molecule has 3 nitrogen and oxygen atoms in total. The lowest BCUT2D eigenvalue weighted by atomic mass is 9.67. The number of carbonyl (C=O) groups is 1. The van der Waals surface area contributed by atoms with Crippen LogP contribution in [0.2, 0.25) is 0 Å². The fourth-order valence-electron chi connectivity index (χ4n) is 2.55. The van der Waals surface area contributed by atoms with E-state index in [1.807, 2.05) is 19.2 Å². The number of likely N-dealkylation sites (N-methyl/N-ethyl adjacent to an activating group) is 1. The molecule has 2 aliphatic rings. The number of carbonyl (C=O) groups excluding carboxylic acids is 1. The van der Waals surface area contributed by atoms with E-state index in [-0.39, 0.29) is 11.3 Å². The number of rotatable bonds is 0. The third-order valence-electron chi connectivity index (χ3n) is 3.52. The normalized spacial score (nSPS) is 22.4. The predicted molar refractivity (Wildman–Crippen MR) is 53.2 cm³/mol. The van der Waals surface area contributed by atoms with Gasteiger partial charge in [-0.05, 0) is 25.0 Å². The highest BCUT2D eigenvalue weighted by atomic mass is 16.2. The highest BCUT2D eigenvalue weighted by molar-refractivity contribution is 6.07. The highest BCUT2D eigenvalue weighted by Crippen LogP contribution is 2.51. The Hall–Kier alpha value is -1.38. The maximum atomic E-state index is 12.1. The van der Waals surface area contributed by atoms with Gasteiger partial charge in [-0.15, -0.1) is 0 Å². The number of fused-ring (bicyclic) bond motifs is 2. The second-order valence-electron chi connectivity index (χ2n) is 4.17. The van der Waals surface area contributed by atoms with E-state index in [4.69, 9.17) is 0 Å². The molecule has 2 heterocycles. The van der Waals surface area contributed by atoms with Gasteiger partial charge in [0.05, 0.1) is 16.8 Å². The summed E-state index contributed by atoms with van der Waals surface area (Å²) >= 11 is 0. The van der Waals surface area contributed by atoms with Gasteiger partial charge in [0.25, 0.3) is 0 Å². The molecule has 0 N–H and O–H groups in total. The van der Waals surface area contributed by atoms with E-state index in [1.165, 1.54) is 0 Å². The van der Waals surface area contributed by atoms with E-state index in [0.717, 1.165) is 30.6 Å². The van der Waals surface area contributed by atoms with E-state index in [9.17, 15) is 4.79 Å². The number of amides is 1. The van der Waals surface area contributed by atoms with Gasteiger partial charge in [-0.3, -0.25) is 9.78 Å². The summed E-state index contributed by atoms with van der Waals surface area (Å²) in [6.45, 7) is 0. The SMILES string of the molecule is CN1C(=O)C2(CCC2)c2ncccc21. The molecule has 0 unspecified atom stereocenters. The number of hydrogen-bond donors (Lipinski definition) is 0. The van der Waals surface area contributed by atoms with E-state index in [2.05, 4.69) is 4.98 Å². The molecule has 72 valence electrons. The van der Waals surface area contributed by atoms with Gasteiger partial charge in [0.1, 0.15) is 0 Å². The van der Waals surface area contributed by atoms with Crippen molar-refractivity contribution in [3.05, 3.63) is 24.0 Å². The molecular weight excluding hydrogens is 176 g/mol. The zero-order valence-electron chi connectivity index (χ0n) is 8.16. The molecule has 14 heavy (non-hydrogen) atoms. The standard InChI is InChI=1S/C11H12N2O/c1-13-8-4-2-7-12-9(8)11(10(13)14)5-3-6-11/h2,4,7H,3,5-6H2,1H3. The Morgan fingerprint density at radius 1 is 1.50 bits per heavy atom. The van der Waals surface area contributed by atoms with Crippen molar-refractivity contribution in [3.63, 3.8) is 0 Å². The van der Waals surface area contributed by atoms with Crippen molar-refractivity contribution in [2.24, 2.45) is 0 Å². The molecule has 0 radical (unpaired) electrons. The van der Waals surface area contributed by atoms with Crippen LogP contribution in [0.5, 0.6) is 0 Å². The van der Waals surface area contributed by atoms with Crippen LogP contribution in [0.25, 0.3) is 0 Å². The molecule has 1 saturated carbocycles. The molecule has 0 saturated heterocycles. The maximum absolute atomic E-state index is 12.1. The van der Waals surface area contributed by atoms with Crippen LogP contribution >= 0.6 is 0 Å². The van der Waals surface area contributed by atoms with Crippen LogP contribution in [-0.4, -0.2) is 17.9 Å².